The van der Waals surface area contributed by atoms with Gasteiger partial charge >= 0.3 is 5.97 Å². The lowest BCUT2D eigenvalue weighted by molar-refractivity contribution is -0.172. The van der Waals surface area contributed by atoms with Gasteiger partial charge in [0.25, 0.3) is 0 Å². The fourth-order valence-electron chi connectivity index (χ4n) is 0.941. The lowest BCUT2D eigenvalue weighted by Crippen LogP contribution is -2.37. The first-order valence-electron chi connectivity index (χ1n) is 4.30. The monoisotopic (exact) mass is 173 g/mol. The van der Waals surface area contributed by atoms with Gasteiger partial charge in [-0.05, 0) is 19.4 Å². The minimum absolute atomic E-state index is 0.00961. The van der Waals surface area contributed by atoms with Crippen LogP contribution in [-0.2, 0) is 14.3 Å². The van der Waals surface area contributed by atoms with Gasteiger partial charge in [-0.2, -0.15) is 0 Å². The molecule has 0 saturated carbocycles. The largest absolute Gasteiger partial charge is 0.457 e. The Kier molecular flexibility index (Phi) is 4.04. The number of nitrogens with two attached hydrogens (primary N) is 1. The predicted molar refractivity (Wildman–Crippen MR) is 43.6 cm³/mol. The fraction of sp³-hybridized carbons (Fsp3) is 0.875. The summed E-state index contributed by atoms with van der Waals surface area (Å²) in [7, 11) is 0. The second kappa shape index (κ2) is 5.11. The highest BCUT2D eigenvalue weighted by Crippen LogP contribution is 2.07. The van der Waals surface area contributed by atoms with Crippen molar-refractivity contribution in [3.8, 4) is 0 Å². The summed E-state index contributed by atoms with van der Waals surface area (Å²) >= 11 is 0. The zero-order chi connectivity index (χ0) is 8.81. The number of ether oxygens (including phenoxy) is 2. The molecular weight excluding hydrogens is 158 g/mol. The van der Waals surface area contributed by atoms with E-state index in [0.29, 0.717) is 26.2 Å². The van der Waals surface area contributed by atoms with Gasteiger partial charge in [-0.15, -0.1) is 0 Å². The number of esters is 1. The summed E-state index contributed by atoms with van der Waals surface area (Å²) in [6.07, 6.45) is 2.20. The number of hydrogen-bond donors (Lipinski definition) is 1. The summed E-state index contributed by atoms with van der Waals surface area (Å²) in [4.78, 5) is 11.0. The van der Waals surface area contributed by atoms with Crippen molar-refractivity contribution in [1.29, 1.82) is 0 Å². The molecule has 0 unspecified atom stereocenters. The van der Waals surface area contributed by atoms with Gasteiger partial charge in [0.15, 0.2) is 0 Å². The normalized spacial score (nSPS) is 17.1. The van der Waals surface area contributed by atoms with Crippen LogP contribution in [0.15, 0.2) is 0 Å². The Bertz CT molecular complexity index is 145. The first-order chi connectivity index (χ1) is 5.83. The van der Waals surface area contributed by atoms with Gasteiger partial charge in [-0.25, -0.2) is 0 Å². The van der Waals surface area contributed by atoms with E-state index in [1.165, 1.54) is 0 Å². The van der Waals surface area contributed by atoms with Crippen LogP contribution in [0.1, 0.15) is 19.3 Å². The van der Waals surface area contributed by atoms with Gasteiger partial charge in [0.05, 0.1) is 13.2 Å². The Morgan fingerprint density at radius 2 is 2.25 bits per heavy atom. The number of rotatable bonds is 5. The van der Waals surface area contributed by atoms with Gasteiger partial charge in [0.1, 0.15) is 6.10 Å². The Labute approximate surface area is 72.0 Å². The molecule has 70 valence electrons. The number of hydrogen-bond acceptors (Lipinski definition) is 4. The van der Waals surface area contributed by atoms with E-state index in [2.05, 4.69) is 0 Å². The molecule has 12 heavy (non-hydrogen) atoms. The van der Waals surface area contributed by atoms with E-state index in [1.807, 2.05) is 0 Å². The molecule has 0 aromatic rings. The van der Waals surface area contributed by atoms with Crippen molar-refractivity contribution >= 4 is 5.97 Å². The van der Waals surface area contributed by atoms with Crippen molar-refractivity contribution in [3.05, 3.63) is 0 Å². The predicted octanol–water partition coefficient (Wildman–Crippen LogP) is 0.0574. The van der Waals surface area contributed by atoms with E-state index in [-0.39, 0.29) is 12.1 Å². The Morgan fingerprint density at radius 1 is 1.50 bits per heavy atom. The smallest absolute Gasteiger partial charge is 0.306 e. The molecule has 4 heteroatoms. The van der Waals surface area contributed by atoms with Gasteiger partial charge < -0.3 is 15.2 Å². The number of carbonyl (C=O) groups excluding carboxylic acids is 1. The summed E-state index contributed by atoms with van der Waals surface area (Å²) in [5, 5.41) is 0. The maximum Gasteiger partial charge on any atom is 0.306 e. The second-order valence-corrected chi connectivity index (χ2v) is 2.90. The third kappa shape index (κ3) is 3.19. The highest BCUT2D eigenvalue weighted by atomic mass is 16.6. The molecule has 1 fully saturated rings. The maximum absolute atomic E-state index is 11.0. The van der Waals surface area contributed by atoms with E-state index in [4.69, 9.17) is 15.2 Å². The van der Waals surface area contributed by atoms with Gasteiger partial charge in [0.2, 0.25) is 0 Å². The molecule has 1 saturated heterocycles. The Hall–Kier alpha value is -0.610. The molecule has 2 N–H and O–H groups in total. The van der Waals surface area contributed by atoms with Crippen LogP contribution < -0.4 is 5.73 Å². The van der Waals surface area contributed by atoms with Crippen LogP contribution in [0, 0.1) is 0 Å². The minimum atomic E-state index is -0.128. The average Bonchev–Trinajstić information content (AvgIpc) is 1.98. The molecule has 4 nitrogen and oxygen atoms in total. The second-order valence-electron chi connectivity index (χ2n) is 2.90. The molecule has 0 bridgehead atoms. The van der Waals surface area contributed by atoms with E-state index in [9.17, 15) is 4.79 Å². The molecule has 0 spiro atoms. The van der Waals surface area contributed by atoms with Crippen LogP contribution in [0.5, 0.6) is 0 Å². The van der Waals surface area contributed by atoms with Crippen molar-refractivity contribution in [2.75, 3.05) is 19.8 Å². The average molecular weight is 173 g/mol. The number of carbonyl (C=O) groups is 1. The van der Waals surface area contributed by atoms with Crippen molar-refractivity contribution in [3.63, 3.8) is 0 Å². The zero-order valence-electron chi connectivity index (χ0n) is 7.12. The van der Waals surface area contributed by atoms with Crippen LogP contribution in [0.3, 0.4) is 0 Å². The first-order valence-corrected chi connectivity index (χ1v) is 4.30. The van der Waals surface area contributed by atoms with Gasteiger partial charge in [0, 0.05) is 6.42 Å². The Balaban J connectivity index is 1.95. The van der Waals surface area contributed by atoms with Crippen molar-refractivity contribution in [1.82, 2.24) is 0 Å². The third-order valence-electron chi connectivity index (χ3n) is 1.74. The molecule has 1 rings (SSSR count). The maximum atomic E-state index is 11.0. The molecule has 1 heterocycles. The van der Waals surface area contributed by atoms with E-state index < -0.39 is 0 Å². The van der Waals surface area contributed by atoms with Gasteiger partial charge in [-0.3, -0.25) is 4.79 Å². The van der Waals surface area contributed by atoms with E-state index >= 15 is 0 Å². The van der Waals surface area contributed by atoms with Crippen LogP contribution in [0.25, 0.3) is 0 Å². The van der Waals surface area contributed by atoms with Crippen molar-refractivity contribution in [2.45, 2.75) is 25.4 Å². The van der Waals surface area contributed by atoms with E-state index in [0.717, 1.165) is 12.8 Å². The molecular formula is C8H15NO3. The van der Waals surface area contributed by atoms with Crippen molar-refractivity contribution in [2.24, 2.45) is 5.73 Å². The summed E-state index contributed by atoms with van der Waals surface area (Å²) in [5.41, 5.74) is 5.28. The topological polar surface area (TPSA) is 61.6 Å². The molecule has 0 radical (unpaired) electrons. The highest BCUT2D eigenvalue weighted by molar-refractivity contribution is 5.69. The SMILES string of the molecule is NCCCCC(=O)OC1COC1. The Morgan fingerprint density at radius 3 is 2.75 bits per heavy atom. The third-order valence-corrected chi connectivity index (χ3v) is 1.74. The summed E-state index contributed by atoms with van der Waals surface area (Å²) in [5.74, 6) is -0.128. The molecule has 0 amide bonds. The van der Waals surface area contributed by atoms with Crippen LogP contribution >= 0.6 is 0 Å². The standard InChI is InChI=1S/C8H15NO3/c9-4-2-1-3-8(10)12-7-5-11-6-7/h7H,1-6,9H2. The van der Waals surface area contributed by atoms with E-state index in [1.54, 1.807) is 0 Å². The quantitative estimate of drug-likeness (QED) is 0.471. The van der Waals surface area contributed by atoms with Crippen LogP contribution in [-0.4, -0.2) is 31.8 Å². The van der Waals surface area contributed by atoms with Crippen molar-refractivity contribution < 1.29 is 14.3 Å². The molecule has 0 aromatic carbocycles. The highest BCUT2D eigenvalue weighted by Gasteiger charge is 2.21. The minimum Gasteiger partial charge on any atom is -0.457 e. The molecule has 0 aliphatic carbocycles. The molecule has 0 atom stereocenters. The zero-order valence-corrected chi connectivity index (χ0v) is 7.12. The lowest BCUT2D eigenvalue weighted by atomic mass is 10.2. The lowest BCUT2D eigenvalue weighted by Gasteiger charge is -2.25. The summed E-state index contributed by atoms with van der Waals surface area (Å²) < 4.78 is 9.89. The molecule has 1 aliphatic heterocycles. The molecule has 1 aliphatic rings. The molecule has 0 aromatic heterocycles. The fourth-order valence-corrected chi connectivity index (χ4v) is 0.941. The van der Waals surface area contributed by atoms with Crippen LogP contribution in [0.2, 0.25) is 0 Å². The summed E-state index contributed by atoms with van der Waals surface area (Å²) in [6, 6.07) is 0. The first kappa shape index (κ1) is 9.48. The summed E-state index contributed by atoms with van der Waals surface area (Å²) in [6.45, 7) is 1.76. The van der Waals surface area contributed by atoms with Gasteiger partial charge in [-0.1, -0.05) is 0 Å². The number of unbranched alkanes of at least 4 members (excludes halogenated alkanes) is 1. The van der Waals surface area contributed by atoms with Crippen LogP contribution in [0.4, 0.5) is 0 Å².